The highest BCUT2D eigenvalue weighted by Crippen LogP contribution is 2.16. The number of hydrogen-bond acceptors (Lipinski definition) is 1. The molecule has 1 atom stereocenters. The quantitative estimate of drug-likeness (QED) is 0.867. The van der Waals surface area contributed by atoms with Gasteiger partial charge in [0.1, 0.15) is 5.82 Å². The summed E-state index contributed by atoms with van der Waals surface area (Å²) in [7, 11) is 0. The first-order valence-electron chi connectivity index (χ1n) is 6.13. The molecule has 2 aromatic carbocycles. The van der Waals surface area contributed by atoms with Gasteiger partial charge in [-0.1, -0.05) is 23.7 Å². The first-order chi connectivity index (χ1) is 9.54. The molecule has 0 aromatic heterocycles. The molecule has 0 bridgehead atoms. The summed E-state index contributed by atoms with van der Waals surface area (Å²) >= 11 is 5.81. The fourth-order valence-corrected chi connectivity index (χ4v) is 1.86. The van der Waals surface area contributed by atoms with E-state index in [1.165, 1.54) is 24.3 Å². The van der Waals surface area contributed by atoms with Crippen molar-refractivity contribution in [3.63, 3.8) is 0 Å². The van der Waals surface area contributed by atoms with E-state index < -0.39 is 0 Å². The molecule has 5 heteroatoms. The number of urea groups is 1. The molecule has 1 unspecified atom stereocenters. The van der Waals surface area contributed by atoms with Crippen LogP contribution < -0.4 is 10.6 Å². The van der Waals surface area contributed by atoms with Gasteiger partial charge in [-0.2, -0.15) is 0 Å². The summed E-state index contributed by atoms with van der Waals surface area (Å²) in [6, 6.07) is 12.3. The second-order valence-electron chi connectivity index (χ2n) is 4.38. The van der Waals surface area contributed by atoms with E-state index in [1.807, 2.05) is 19.1 Å². The lowest BCUT2D eigenvalue weighted by molar-refractivity contribution is 0.249. The molecule has 0 aliphatic heterocycles. The van der Waals surface area contributed by atoms with Crippen molar-refractivity contribution in [2.75, 3.05) is 5.32 Å². The van der Waals surface area contributed by atoms with Crippen LogP contribution in [0.15, 0.2) is 48.5 Å². The maximum Gasteiger partial charge on any atom is 0.319 e. The Bertz CT molecular complexity index is 584. The topological polar surface area (TPSA) is 41.1 Å². The largest absolute Gasteiger partial charge is 0.331 e. The highest BCUT2D eigenvalue weighted by Gasteiger charge is 2.09. The monoisotopic (exact) mass is 292 g/mol. The Balaban J connectivity index is 1.93. The van der Waals surface area contributed by atoms with Crippen molar-refractivity contribution in [2.24, 2.45) is 0 Å². The van der Waals surface area contributed by atoms with Crippen molar-refractivity contribution in [3.05, 3.63) is 64.9 Å². The lowest BCUT2D eigenvalue weighted by Crippen LogP contribution is -2.31. The van der Waals surface area contributed by atoms with Gasteiger partial charge in [-0.15, -0.1) is 0 Å². The second-order valence-corrected chi connectivity index (χ2v) is 4.82. The van der Waals surface area contributed by atoms with Crippen molar-refractivity contribution in [3.8, 4) is 0 Å². The van der Waals surface area contributed by atoms with Gasteiger partial charge in [-0.25, -0.2) is 9.18 Å². The third kappa shape index (κ3) is 3.96. The molecular weight excluding hydrogens is 279 g/mol. The number of carbonyl (C=O) groups is 1. The molecule has 0 saturated carbocycles. The minimum absolute atomic E-state index is 0.160. The smallest absolute Gasteiger partial charge is 0.319 e. The van der Waals surface area contributed by atoms with E-state index in [1.54, 1.807) is 12.1 Å². The molecule has 0 aliphatic carbocycles. The second kappa shape index (κ2) is 6.39. The summed E-state index contributed by atoms with van der Waals surface area (Å²) in [5, 5.41) is 6.08. The van der Waals surface area contributed by atoms with E-state index in [9.17, 15) is 9.18 Å². The first kappa shape index (κ1) is 14.3. The van der Waals surface area contributed by atoms with Gasteiger partial charge in [0, 0.05) is 10.7 Å². The van der Waals surface area contributed by atoms with Gasteiger partial charge in [-0.05, 0) is 48.9 Å². The molecule has 2 amide bonds. The number of halogens is 2. The van der Waals surface area contributed by atoms with E-state index in [0.29, 0.717) is 10.7 Å². The standard InChI is InChI=1S/C15H14ClFN2O/c1-10(11-2-4-12(16)5-3-11)18-15(20)19-14-8-6-13(17)7-9-14/h2-10H,1H3,(H2,18,19,20). The Morgan fingerprint density at radius 1 is 1.10 bits per heavy atom. The summed E-state index contributed by atoms with van der Waals surface area (Å²) in [6.07, 6.45) is 0. The summed E-state index contributed by atoms with van der Waals surface area (Å²) in [4.78, 5) is 11.8. The highest BCUT2D eigenvalue weighted by molar-refractivity contribution is 6.30. The lowest BCUT2D eigenvalue weighted by atomic mass is 10.1. The van der Waals surface area contributed by atoms with Crippen LogP contribution in [0.5, 0.6) is 0 Å². The van der Waals surface area contributed by atoms with Crippen molar-refractivity contribution in [1.29, 1.82) is 0 Å². The fraction of sp³-hybridized carbons (Fsp3) is 0.133. The van der Waals surface area contributed by atoms with Crippen LogP contribution in [0.4, 0.5) is 14.9 Å². The molecule has 0 radical (unpaired) electrons. The van der Waals surface area contributed by atoms with Gasteiger partial charge < -0.3 is 10.6 Å². The van der Waals surface area contributed by atoms with Crippen molar-refractivity contribution < 1.29 is 9.18 Å². The van der Waals surface area contributed by atoms with Gasteiger partial charge in [0.25, 0.3) is 0 Å². The lowest BCUT2D eigenvalue weighted by Gasteiger charge is -2.15. The molecule has 0 fully saturated rings. The van der Waals surface area contributed by atoms with E-state index in [-0.39, 0.29) is 17.9 Å². The fourth-order valence-electron chi connectivity index (χ4n) is 1.73. The molecule has 0 heterocycles. The number of anilines is 1. The third-order valence-corrected chi connectivity index (χ3v) is 3.07. The number of hydrogen-bond donors (Lipinski definition) is 2. The minimum atomic E-state index is -0.348. The molecule has 3 nitrogen and oxygen atoms in total. The Kier molecular flexibility index (Phi) is 4.58. The molecule has 0 aliphatic rings. The van der Waals surface area contributed by atoms with Crippen LogP contribution in [-0.4, -0.2) is 6.03 Å². The van der Waals surface area contributed by atoms with Crippen LogP contribution in [0.3, 0.4) is 0 Å². The predicted octanol–water partition coefficient (Wildman–Crippen LogP) is 4.36. The molecule has 2 N–H and O–H groups in total. The molecule has 2 rings (SSSR count). The van der Waals surface area contributed by atoms with E-state index in [0.717, 1.165) is 5.56 Å². The Morgan fingerprint density at radius 2 is 1.70 bits per heavy atom. The molecule has 2 aromatic rings. The van der Waals surface area contributed by atoms with Crippen LogP contribution in [0, 0.1) is 5.82 Å². The highest BCUT2D eigenvalue weighted by atomic mass is 35.5. The van der Waals surface area contributed by atoms with Crippen LogP contribution in [0.2, 0.25) is 5.02 Å². The summed E-state index contributed by atoms with van der Waals surface area (Å²) in [6.45, 7) is 1.87. The molecule has 104 valence electrons. The normalized spacial score (nSPS) is 11.8. The number of carbonyl (C=O) groups excluding carboxylic acids is 1. The average molecular weight is 293 g/mol. The van der Waals surface area contributed by atoms with Gasteiger partial charge in [0.15, 0.2) is 0 Å². The number of amides is 2. The van der Waals surface area contributed by atoms with Gasteiger partial charge in [0.2, 0.25) is 0 Å². The molecule has 0 saturated heterocycles. The zero-order valence-corrected chi connectivity index (χ0v) is 11.6. The van der Waals surface area contributed by atoms with Gasteiger partial charge in [0.05, 0.1) is 6.04 Å². The third-order valence-electron chi connectivity index (χ3n) is 2.82. The van der Waals surface area contributed by atoms with Crippen LogP contribution in [-0.2, 0) is 0 Å². The Morgan fingerprint density at radius 3 is 2.30 bits per heavy atom. The van der Waals surface area contributed by atoms with Gasteiger partial charge in [-0.3, -0.25) is 0 Å². The predicted molar refractivity (Wildman–Crippen MR) is 78.4 cm³/mol. The van der Waals surface area contributed by atoms with Crippen molar-refractivity contribution in [2.45, 2.75) is 13.0 Å². The Hall–Kier alpha value is -2.07. The summed E-state index contributed by atoms with van der Waals surface area (Å²) < 4.78 is 12.7. The maximum atomic E-state index is 12.7. The Labute approximate surface area is 121 Å². The first-order valence-corrected chi connectivity index (χ1v) is 6.51. The maximum absolute atomic E-state index is 12.7. The minimum Gasteiger partial charge on any atom is -0.331 e. The van der Waals surface area contributed by atoms with Gasteiger partial charge >= 0.3 is 6.03 Å². The van der Waals surface area contributed by atoms with Crippen LogP contribution >= 0.6 is 11.6 Å². The zero-order valence-electron chi connectivity index (χ0n) is 10.9. The van der Waals surface area contributed by atoms with Crippen LogP contribution in [0.1, 0.15) is 18.5 Å². The van der Waals surface area contributed by atoms with Crippen molar-refractivity contribution in [1.82, 2.24) is 5.32 Å². The molecule has 20 heavy (non-hydrogen) atoms. The van der Waals surface area contributed by atoms with E-state index in [4.69, 9.17) is 11.6 Å². The molecular formula is C15H14ClFN2O. The summed E-state index contributed by atoms with van der Waals surface area (Å²) in [5.74, 6) is -0.342. The van der Waals surface area contributed by atoms with Crippen LogP contribution in [0.25, 0.3) is 0 Å². The SMILES string of the molecule is CC(NC(=O)Nc1ccc(F)cc1)c1ccc(Cl)cc1. The molecule has 0 spiro atoms. The average Bonchev–Trinajstić information content (AvgIpc) is 2.42. The summed E-state index contributed by atoms with van der Waals surface area (Å²) in [5.41, 5.74) is 1.48. The number of benzene rings is 2. The zero-order chi connectivity index (χ0) is 14.5. The van der Waals surface area contributed by atoms with Crippen molar-refractivity contribution >= 4 is 23.3 Å². The number of rotatable bonds is 3. The van der Waals surface area contributed by atoms with E-state index >= 15 is 0 Å². The van der Waals surface area contributed by atoms with E-state index in [2.05, 4.69) is 10.6 Å². The number of nitrogens with one attached hydrogen (secondary N) is 2.